The quantitative estimate of drug-likeness (QED) is 0.567. The van der Waals surface area contributed by atoms with Gasteiger partial charge < -0.3 is 4.74 Å². The van der Waals surface area contributed by atoms with Crippen LogP contribution in [0.5, 0.6) is 0 Å². The fourth-order valence-corrected chi connectivity index (χ4v) is 2.87. The molecule has 0 spiro atoms. The van der Waals surface area contributed by atoms with E-state index in [9.17, 15) is 0 Å². The topological polar surface area (TPSA) is 27.1 Å². The first kappa shape index (κ1) is 15.1. The number of hydrogen-bond acceptors (Lipinski definition) is 3. The summed E-state index contributed by atoms with van der Waals surface area (Å²) in [5.41, 5.74) is 2.53. The molecule has 2 aromatic rings. The number of thioether (sulfide) groups is 1. The van der Waals surface area contributed by atoms with Gasteiger partial charge in [-0.25, -0.2) is 4.98 Å². The lowest BCUT2D eigenvalue weighted by Gasteiger charge is -2.10. The van der Waals surface area contributed by atoms with E-state index in [0.29, 0.717) is 5.92 Å². The second-order valence-corrected chi connectivity index (χ2v) is 6.08. The normalized spacial score (nSPS) is 11.2. The second-order valence-electron chi connectivity index (χ2n) is 5.02. The Morgan fingerprint density at radius 1 is 1.25 bits per heavy atom. The predicted molar refractivity (Wildman–Crippen MR) is 84.9 cm³/mol. The summed E-state index contributed by atoms with van der Waals surface area (Å²) in [6, 6.07) is 8.71. The van der Waals surface area contributed by atoms with Gasteiger partial charge in [0.1, 0.15) is 0 Å². The molecule has 0 aliphatic heterocycles. The Morgan fingerprint density at radius 3 is 2.65 bits per heavy atom. The minimum atomic E-state index is 0.565. The highest BCUT2D eigenvalue weighted by Gasteiger charge is 2.06. The van der Waals surface area contributed by atoms with Gasteiger partial charge in [-0.15, -0.1) is 0 Å². The average Bonchev–Trinajstić information content (AvgIpc) is 2.92. The van der Waals surface area contributed by atoms with Crippen LogP contribution in [0.2, 0.25) is 0 Å². The monoisotopic (exact) mass is 290 g/mol. The van der Waals surface area contributed by atoms with Gasteiger partial charge in [0.15, 0.2) is 5.16 Å². The molecule has 0 saturated carbocycles. The lowest BCUT2D eigenvalue weighted by atomic mass is 10.0. The predicted octanol–water partition coefficient (Wildman–Crippen LogP) is 4.12. The molecular weight excluding hydrogens is 268 g/mol. The molecule has 0 saturated heterocycles. The number of methoxy groups -OCH3 is 1. The molecule has 0 atom stereocenters. The minimum Gasteiger partial charge on any atom is -0.385 e. The van der Waals surface area contributed by atoms with Crippen molar-refractivity contribution in [2.75, 3.05) is 19.5 Å². The fraction of sp³-hybridized carbons (Fsp3) is 0.438. The van der Waals surface area contributed by atoms with Crippen LogP contribution in [0.3, 0.4) is 0 Å². The van der Waals surface area contributed by atoms with Gasteiger partial charge >= 0.3 is 0 Å². The number of hydrogen-bond donors (Lipinski definition) is 0. The third-order valence-electron chi connectivity index (χ3n) is 3.17. The Labute approximate surface area is 125 Å². The van der Waals surface area contributed by atoms with Gasteiger partial charge in [-0.05, 0) is 30.0 Å². The molecule has 0 N–H and O–H groups in total. The van der Waals surface area contributed by atoms with Gasteiger partial charge in [0.25, 0.3) is 0 Å². The highest BCUT2D eigenvalue weighted by molar-refractivity contribution is 7.99. The van der Waals surface area contributed by atoms with E-state index in [1.54, 1.807) is 18.9 Å². The van der Waals surface area contributed by atoms with E-state index in [1.807, 2.05) is 12.4 Å². The summed E-state index contributed by atoms with van der Waals surface area (Å²) in [5.74, 6) is 1.59. The number of nitrogens with zero attached hydrogens (tertiary/aromatic N) is 2. The van der Waals surface area contributed by atoms with Gasteiger partial charge in [0.2, 0.25) is 0 Å². The Hall–Kier alpha value is -1.26. The molecule has 0 radical (unpaired) electrons. The van der Waals surface area contributed by atoms with Gasteiger partial charge in [-0.1, -0.05) is 37.7 Å². The number of ether oxygens (including phenoxy) is 1. The first-order valence-electron chi connectivity index (χ1n) is 6.98. The van der Waals surface area contributed by atoms with Crippen LogP contribution in [0.25, 0.3) is 5.69 Å². The van der Waals surface area contributed by atoms with Crippen LogP contribution in [0.1, 0.15) is 31.7 Å². The van der Waals surface area contributed by atoms with E-state index in [4.69, 9.17) is 4.74 Å². The maximum atomic E-state index is 5.07. The van der Waals surface area contributed by atoms with Crippen LogP contribution >= 0.6 is 11.8 Å². The van der Waals surface area contributed by atoms with Gasteiger partial charge in [0, 0.05) is 37.6 Å². The summed E-state index contributed by atoms with van der Waals surface area (Å²) in [4.78, 5) is 4.43. The molecule has 0 aliphatic carbocycles. The summed E-state index contributed by atoms with van der Waals surface area (Å²) >= 11 is 1.77. The third kappa shape index (κ3) is 3.87. The van der Waals surface area contributed by atoms with E-state index >= 15 is 0 Å². The molecule has 0 fully saturated rings. The highest BCUT2D eigenvalue weighted by atomic mass is 32.2. The van der Waals surface area contributed by atoms with E-state index in [2.05, 4.69) is 47.7 Å². The summed E-state index contributed by atoms with van der Waals surface area (Å²) < 4.78 is 7.21. The van der Waals surface area contributed by atoms with Crippen LogP contribution in [0, 0.1) is 0 Å². The summed E-state index contributed by atoms with van der Waals surface area (Å²) in [6.07, 6.45) is 4.92. The van der Waals surface area contributed by atoms with Crippen LogP contribution < -0.4 is 0 Å². The van der Waals surface area contributed by atoms with E-state index < -0.39 is 0 Å². The van der Waals surface area contributed by atoms with E-state index in [1.165, 1.54) is 11.3 Å². The highest BCUT2D eigenvalue weighted by Crippen LogP contribution is 2.22. The number of benzene rings is 1. The molecule has 0 bridgehead atoms. The van der Waals surface area contributed by atoms with Gasteiger partial charge in [-0.2, -0.15) is 0 Å². The Bertz CT molecular complexity index is 520. The van der Waals surface area contributed by atoms with Crippen molar-refractivity contribution in [3.05, 3.63) is 42.2 Å². The molecule has 2 rings (SSSR count). The molecule has 0 aliphatic rings. The minimum absolute atomic E-state index is 0.565. The first-order valence-corrected chi connectivity index (χ1v) is 7.96. The molecule has 1 aromatic carbocycles. The van der Waals surface area contributed by atoms with Crippen molar-refractivity contribution >= 4 is 11.8 Å². The molecule has 1 aromatic heterocycles. The zero-order chi connectivity index (χ0) is 14.4. The molecule has 0 amide bonds. The first-order chi connectivity index (χ1) is 9.72. The molecule has 1 heterocycles. The van der Waals surface area contributed by atoms with Crippen LogP contribution in [-0.4, -0.2) is 29.0 Å². The van der Waals surface area contributed by atoms with Crippen LogP contribution in [0.4, 0.5) is 0 Å². The van der Waals surface area contributed by atoms with E-state index in [-0.39, 0.29) is 0 Å². The maximum absolute atomic E-state index is 5.07. The zero-order valence-corrected chi connectivity index (χ0v) is 13.2. The van der Waals surface area contributed by atoms with Gasteiger partial charge in [0.05, 0.1) is 0 Å². The molecule has 4 heteroatoms. The third-order valence-corrected chi connectivity index (χ3v) is 4.22. The molecule has 0 unspecified atom stereocenters. The Balaban J connectivity index is 2.07. The van der Waals surface area contributed by atoms with Crippen molar-refractivity contribution in [2.24, 2.45) is 0 Å². The Morgan fingerprint density at radius 2 is 2.00 bits per heavy atom. The molecular formula is C16H22N2OS. The molecule has 108 valence electrons. The number of imidazole rings is 1. The second kappa shape index (κ2) is 7.50. The van der Waals surface area contributed by atoms with Gasteiger partial charge in [-0.3, -0.25) is 4.57 Å². The number of aromatic nitrogens is 2. The lowest BCUT2D eigenvalue weighted by molar-refractivity contribution is 0.200. The lowest BCUT2D eigenvalue weighted by Crippen LogP contribution is -1.97. The van der Waals surface area contributed by atoms with Crippen molar-refractivity contribution in [1.82, 2.24) is 9.55 Å². The van der Waals surface area contributed by atoms with Crippen molar-refractivity contribution < 1.29 is 4.74 Å². The van der Waals surface area contributed by atoms with Crippen LogP contribution in [0.15, 0.2) is 41.8 Å². The van der Waals surface area contributed by atoms with Crippen LogP contribution in [-0.2, 0) is 4.74 Å². The summed E-state index contributed by atoms with van der Waals surface area (Å²) in [6.45, 7) is 5.23. The standard InChI is InChI=1S/C16H22N2OS/c1-13(2)14-5-7-15(8-6-14)18-10-9-17-16(18)20-12-4-11-19-3/h5-10,13H,4,11-12H2,1-3H3. The largest absolute Gasteiger partial charge is 0.385 e. The Kier molecular flexibility index (Phi) is 5.68. The maximum Gasteiger partial charge on any atom is 0.172 e. The summed E-state index contributed by atoms with van der Waals surface area (Å²) in [7, 11) is 1.74. The fourth-order valence-electron chi connectivity index (χ4n) is 1.98. The zero-order valence-electron chi connectivity index (χ0n) is 12.4. The smallest absolute Gasteiger partial charge is 0.172 e. The average molecular weight is 290 g/mol. The van der Waals surface area contributed by atoms with Crippen molar-refractivity contribution in [2.45, 2.75) is 31.3 Å². The number of rotatable bonds is 7. The van der Waals surface area contributed by atoms with Crippen molar-refractivity contribution in [3.8, 4) is 5.69 Å². The van der Waals surface area contributed by atoms with Crippen molar-refractivity contribution in [1.29, 1.82) is 0 Å². The van der Waals surface area contributed by atoms with Crippen molar-refractivity contribution in [3.63, 3.8) is 0 Å². The van der Waals surface area contributed by atoms with E-state index in [0.717, 1.165) is 23.9 Å². The summed E-state index contributed by atoms with van der Waals surface area (Å²) in [5, 5.41) is 1.04. The SMILES string of the molecule is COCCCSc1nccn1-c1ccc(C(C)C)cc1. The molecule has 3 nitrogen and oxygen atoms in total. The molecule has 20 heavy (non-hydrogen) atoms.